The van der Waals surface area contributed by atoms with E-state index in [0.29, 0.717) is 5.70 Å². The zero-order chi connectivity index (χ0) is 9.26. The van der Waals surface area contributed by atoms with E-state index in [2.05, 4.69) is 11.6 Å². The molecule has 64 valence electrons. The van der Waals surface area contributed by atoms with Crippen LogP contribution in [0.3, 0.4) is 0 Å². The molecule has 1 aromatic carbocycles. The van der Waals surface area contributed by atoms with Gasteiger partial charge in [-0.1, -0.05) is 24.8 Å². The summed E-state index contributed by atoms with van der Waals surface area (Å²) in [7, 11) is 0. The summed E-state index contributed by atoms with van der Waals surface area (Å²) < 4.78 is 0. The highest BCUT2D eigenvalue weighted by Crippen LogP contribution is 2.31. The lowest BCUT2D eigenvalue weighted by Gasteiger charge is -2.00. The molecule has 0 atom stereocenters. The second-order valence-electron chi connectivity index (χ2n) is 2.85. The molecule has 0 saturated carbocycles. The number of nitrogens with two attached hydrogens (primary N) is 1. The van der Waals surface area contributed by atoms with Gasteiger partial charge >= 0.3 is 0 Å². The summed E-state index contributed by atoms with van der Waals surface area (Å²) in [5.41, 5.74) is 9.46. The fourth-order valence-corrected chi connectivity index (χ4v) is 1.36. The van der Waals surface area contributed by atoms with Crippen LogP contribution in [0.4, 0.5) is 5.69 Å². The molecule has 2 N–H and O–H groups in total. The van der Waals surface area contributed by atoms with E-state index in [0.717, 1.165) is 16.8 Å². The minimum atomic E-state index is 0.675. The first kappa shape index (κ1) is 7.80. The first-order chi connectivity index (χ1) is 6.33. The van der Waals surface area contributed by atoms with Gasteiger partial charge < -0.3 is 5.73 Å². The molecule has 0 aromatic heterocycles. The number of rotatable bonds is 1. The van der Waals surface area contributed by atoms with Crippen molar-refractivity contribution in [3.05, 3.63) is 48.2 Å². The average molecular weight is 170 g/mol. The number of aliphatic imine (C=N–C) groups is 1. The Morgan fingerprint density at radius 1 is 1.38 bits per heavy atom. The Morgan fingerprint density at radius 2 is 2.15 bits per heavy atom. The number of nitrogens with zero attached hydrogens (tertiary/aromatic N) is 1. The van der Waals surface area contributed by atoms with Crippen molar-refractivity contribution in [1.29, 1.82) is 0 Å². The quantitative estimate of drug-likeness (QED) is 0.689. The Morgan fingerprint density at radius 3 is 2.92 bits per heavy atom. The van der Waals surface area contributed by atoms with Crippen molar-refractivity contribution in [1.82, 2.24) is 0 Å². The van der Waals surface area contributed by atoms with E-state index in [1.807, 2.05) is 24.3 Å². The van der Waals surface area contributed by atoms with E-state index in [-0.39, 0.29) is 0 Å². The number of hydrogen-bond acceptors (Lipinski definition) is 2. The van der Waals surface area contributed by atoms with E-state index in [1.165, 1.54) is 0 Å². The number of hydrogen-bond donors (Lipinski definition) is 1. The Hall–Kier alpha value is -1.83. The van der Waals surface area contributed by atoms with E-state index >= 15 is 0 Å². The monoisotopic (exact) mass is 170 g/mol. The SMILES string of the molecule is C=CC(N)=C1C=Nc2ccccc21. The van der Waals surface area contributed by atoms with Crippen molar-refractivity contribution in [2.24, 2.45) is 10.7 Å². The van der Waals surface area contributed by atoms with Gasteiger partial charge in [-0.25, -0.2) is 0 Å². The summed E-state index contributed by atoms with van der Waals surface area (Å²) in [4.78, 5) is 4.24. The molecule has 0 unspecified atom stereocenters. The first-order valence-corrected chi connectivity index (χ1v) is 4.08. The Kier molecular flexibility index (Phi) is 1.74. The molecule has 1 aliphatic rings. The van der Waals surface area contributed by atoms with E-state index < -0.39 is 0 Å². The van der Waals surface area contributed by atoms with Crippen molar-refractivity contribution < 1.29 is 0 Å². The van der Waals surface area contributed by atoms with Gasteiger partial charge in [-0.05, 0) is 12.1 Å². The van der Waals surface area contributed by atoms with Gasteiger partial charge in [0.25, 0.3) is 0 Å². The molecule has 0 spiro atoms. The van der Waals surface area contributed by atoms with Crippen LogP contribution in [0.25, 0.3) is 5.57 Å². The minimum Gasteiger partial charge on any atom is -0.398 e. The molecular formula is C11H10N2. The first-order valence-electron chi connectivity index (χ1n) is 4.08. The van der Waals surface area contributed by atoms with Crippen molar-refractivity contribution in [2.45, 2.75) is 0 Å². The van der Waals surface area contributed by atoms with Crippen LogP contribution in [0, 0.1) is 0 Å². The molecule has 0 radical (unpaired) electrons. The Labute approximate surface area is 77.1 Å². The molecule has 0 fully saturated rings. The van der Waals surface area contributed by atoms with Crippen molar-refractivity contribution >= 4 is 17.5 Å². The summed E-state index contributed by atoms with van der Waals surface area (Å²) in [5, 5.41) is 0. The lowest BCUT2D eigenvalue weighted by molar-refractivity contribution is 1.45. The molecule has 2 nitrogen and oxygen atoms in total. The number of para-hydroxylation sites is 1. The highest BCUT2D eigenvalue weighted by Gasteiger charge is 2.12. The van der Waals surface area contributed by atoms with Crippen LogP contribution >= 0.6 is 0 Å². The fraction of sp³-hybridized carbons (Fsp3) is 0. The predicted molar refractivity (Wildman–Crippen MR) is 55.9 cm³/mol. The summed E-state index contributed by atoms with van der Waals surface area (Å²) in [6.45, 7) is 3.63. The van der Waals surface area contributed by atoms with Crippen molar-refractivity contribution in [2.75, 3.05) is 0 Å². The van der Waals surface area contributed by atoms with Gasteiger partial charge in [-0.3, -0.25) is 4.99 Å². The van der Waals surface area contributed by atoms with Crippen LogP contribution in [-0.4, -0.2) is 6.21 Å². The lowest BCUT2D eigenvalue weighted by atomic mass is 10.1. The smallest absolute Gasteiger partial charge is 0.0709 e. The summed E-state index contributed by atoms with van der Waals surface area (Å²) >= 11 is 0. The third-order valence-electron chi connectivity index (χ3n) is 2.06. The molecule has 1 aliphatic heterocycles. The number of fused-ring (bicyclic) bond motifs is 1. The standard InChI is InChI=1S/C11H10N2/c1-2-10(12)9-7-13-11-6-4-3-5-8(9)11/h2-7H,1,12H2. The number of allylic oxidation sites excluding steroid dienone is 2. The largest absolute Gasteiger partial charge is 0.398 e. The molecule has 0 aliphatic carbocycles. The molecule has 0 amide bonds. The normalized spacial score (nSPS) is 16.9. The van der Waals surface area contributed by atoms with E-state index in [4.69, 9.17) is 5.73 Å². The molecule has 2 rings (SSSR count). The zero-order valence-electron chi connectivity index (χ0n) is 7.20. The summed E-state index contributed by atoms with van der Waals surface area (Å²) in [6.07, 6.45) is 3.42. The molecular weight excluding hydrogens is 160 g/mol. The third kappa shape index (κ3) is 1.16. The van der Waals surface area contributed by atoms with Crippen molar-refractivity contribution in [3.8, 4) is 0 Å². The van der Waals surface area contributed by atoms with Crippen LogP contribution in [0.5, 0.6) is 0 Å². The molecule has 13 heavy (non-hydrogen) atoms. The third-order valence-corrected chi connectivity index (χ3v) is 2.06. The lowest BCUT2D eigenvalue weighted by Crippen LogP contribution is -1.97. The second-order valence-corrected chi connectivity index (χ2v) is 2.85. The molecule has 2 heteroatoms. The van der Waals surface area contributed by atoms with E-state index in [9.17, 15) is 0 Å². The van der Waals surface area contributed by atoms with Gasteiger partial charge in [0.05, 0.1) is 5.69 Å². The second kappa shape index (κ2) is 2.90. The topological polar surface area (TPSA) is 38.4 Å². The Balaban J connectivity index is 2.62. The van der Waals surface area contributed by atoms with Gasteiger partial charge in [-0.15, -0.1) is 0 Å². The summed E-state index contributed by atoms with van der Waals surface area (Å²) in [6, 6.07) is 7.91. The van der Waals surface area contributed by atoms with Gasteiger partial charge in [0.2, 0.25) is 0 Å². The highest BCUT2D eigenvalue weighted by atomic mass is 14.8. The maximum atomic E-state index is 5.76. The summed E-state index contributed by atoms with van der Waals surface area (Å²) in [5.74, 6) is 0. The Bertz CT molecular complexity index is 414. The molecule has 1 aromatic rings. The molecule has 1 heterocycles. The highest BCUT2D eigenvalue weighted by molar-refractivity contribution is 6.17. The van der Waals surface area contributed by atoms with Gasteiger partial charge in [-0.2, -0.15) is 0 Å². The van der Waals surface area contributed by atoms with Gasteiger partial charge in [0, 0.05) is 23.0 Å². The van der Waals surface area contributed by atoms with Crippen molar-refractivity contribution in [3.63, 3.8) is 0 Å². The van der Waals surface area contributed by atoms with Crippen LogP contribution in [-0.2, 0) is 0 Å². The van der Waals surface area contributed by atoms with Gasteiger partial charge in [0.1, 0.15) is 0 Å². The molecule has 0 bridgehead atoms. The maximum absolute atomic E-state index is 5.76. The average Bonchev–Trinajstić information content (AvgIpc) is 2.60. The van der Waals surface area contributed by atoms with E-state index in [1.54, 1.807) is 12.3 Å². The maximum Gasteiger partial charge on any atom is 0.0709 e. The van der Waals surface area contributed by atoms with Crippen LogP contribution in [0.1, 0.15) is 5.56 Å². The number of benzene rings is 1. The van der Waals surface area contributed by atoms with Gasteiger partial charge in [0.15, 0.2) is 0 Å². The van der Waals surface area contributed by atoms with Crippen LogP contribution < -0.4 is 5.73 Å². The van der Waals surface area contributed by atoms with Crippen LogP contribution in [0.15, 0.2) is 47.6 Å². The fourth-order valence-electron chi connectivity index (χ4n) is 1.36. The van der Waals surface area contributed by atoms with Crippen LogP contribution in [0.2, 0.25) is 0 Å². The molecule has 0 saturated heterocycles. The minimum absolute atomic E-state index is 0.675. The predicted octanol–water partition coefficient (Wildman–Crippen LogP) is 2.26. The zero-order valence-corrected chi connectivity index (χ0v) is 7.20.